The van der Waals surface area contributed by atoms with E-state index in [1.165, 1.54) is 0 Å². The zero-order valence-electron chi connectivity index (χ0n) is 12.2. The highest BCUT2D eigenvalue weighted by Crippen LogP contribution is 2.38. The van der Waals surface area contributed by atoms with Crippen molar-refractivity contribution >= 4 is 11.8 Å². The van der Waals surface area contributed by atoms with Crippen LogP contribution in [0.25, 0.3) is 0 Å². The van der Waals surface area contributed by atoms with Gasteiger partial charge in [0, 0.05) is 12.0 Å². The molecular weight excluding hydrogens is 268 g/mol. The Hall–Kier alpha value is -2.10. The predicted molar refractivity (Wildman–Crippen MR) is 77.4 cm³/mol. The Morgan fingerprint density at radius 1 is 1.43 bits per heavy atom. The third-order valence-corrected chi connectivity index (χ3v) is 4.04. The number of fused-ring (bicyclic) bond motifs is 2. The summed E-state index contributed by atoms with van der Waals surface area (Å²) in [6.07, 6.45) is 2.63. The van der Waals surface area contributed by atoms with Crippen LogP contribution in [0, 0.1) is 12.8 Å². The molecule has 1 aromatic carbocycles. The van der Waals surface area contributed by atoms with Gasteiger partial charge < -0.3 is 9.47 Å². The molecule has 4 heteroatoms. The molecule has 2 atom stereocenters. The summed E-state index contributed by atoms with van der Waals surface area (Å²) in [6, 6.07) is 5.65. The number of benzene rings is 1. The molecule has 0 aromatic heterocycles. The van der Waals surface area contributed by atoms with E-state index in [0.29, 0.717) is 36.3 Å². The van der Waals surface area contributed by atoms with Crippen LogP contribution in [0.4, 0.5) is 0 Å². The van der Waals surface area contributed by atoms with Gasteiger partial charge in [0.2, 0.25) is 0 Å². The molecule has 4 nitrogen and oxygen atoms in total. The molecule has 1 heterocycles. The first-order valence-corrected chi connectivity index (χ1v) is 7.27. The van der Waals surface area contributed by atoms with Gasteiger partial charge in [0.05, 0.1) is 18.1 Å². The van der Waals surface area contributed by atoms with E-state index in [9.17, 15) is 9.59 Å². The van der Waals surface area contributed by atoms with Crippen molar-refractivity contribution in [2.24, 2.45) is 5.92 Å². The van der Waals surface area contributed by atoms with Gasteiger partial charge in [0.25, 0.3) is 0 Å². The topological polar surface area (TPSA) is 52.6 Å². The highest BCUT2D eigenvalue weighted by atomic mass is 16.5. The Balaban J connectivity index is 1.87. The number of Topliss-reactive ketones (excluding diaryl/α,β-unsaturated/α-hetero) is 1. The maximum absolute atomic E-state index is 12.7. The molecule has 21 heavy (non-hydrogen) atoms. The SMILES string of the molecule is CCOC(=O)C1=CC[C@H]2Oc3ccc(C)cc3C(=O)[C@@H]2C1. The van der Waals surface area contributed by atoms with Crippen LogP contribution in [0.1, 0.15) is 35.7 Å². The van der Waals surface area contributed by atoms with Gasteiger partial charge in [0.15, 0.2) is 5.78 Å². The molecule has 0 saturated carbocycles. The number of aryl methyl sites for hydroxylation is 1. The van der Waals surface area contributed by atoms with Gasteiger partial charge in [-0.1, -0.05) is 17.7 Å². The zero-order valence-corrected chi connectivity index (χ0v) is 12.2. The number of carbonyl (C=O) groups is 2. The van der Waals surface area contributed by atoms with E-state index in [1.807, 2.05) is 31.2 Å². The summed E-state index contributed by atoms with van der Waals surface area (Å²) in [7, 11) is 0. The van der Waals surface area contributed by atoms with Crippen molar-refractivity contribution in [2.45, 2.75) is 32.8 Å². The molecule has 3 rings (SSSR count). The van der Waals surface area contributed by atoms with Crippen LogP contribution in [0.2, 0.25) is 0 Å². The van der Waals surface area contributed by atoms with Gasteiger partial charge in [-0.3, -0.25) is 4.79 Å². The van der Waals surface area contributed by atoms with Crippen LogP contribution >= 0.6 is 0 Å². The van der Waals surface area contributed by atoms with E-state index in [1.54, 1.807) is 6.92 Å². The Kier molecular flexibility index (Phi) is 3.53. The summed E-state index contributed by atoms with van der Waals surface area (Å²) in [5.41, 5.74) is 2.24. The highest BCUT2D eigenvalue weighted by molar-refractivity contribution is 6.03. The first-order valence-electron chi connectivity index (χ1n) is 7.27. The molecule has 1 aliphatic heterocycles. The molecule has 0 unspecified atom stereocenters. The third-order valence-electron chi connectivity index (χ3n) is 4.04. The van der Waals surface area contributed by atoms with Gasteiger partial charge in [-0.05, 0) is 32.4 Å². The van der Waals surface area contributed by atoms with Crippen molar-refractivity contribution in [3.63, 3.8) is 0 Å². The standard InChI is InChI=1S/C17H18O4/c1-3-20-17(19)11-5-7-15-13(9-11)16(18)12-8-10(2)4-6-14(12)21-15/h4-6,8,13,15H,3,7,9H2,1-2H3/t13-,15-/m1/s1. The van der Waals surface area contributed by atoms with Crippen molar-refractivity contribution < 1.29 is 19.1 Å². The second kappa shape index (κ2) is 5.35. The Bertz CT molecular complexity index is 630. The van der Waals surface area contributed by atoms with Crippen LogP contribution in [-0.2, 0) is 9.53 Å². The summed E-state index contributed by atoms with van der Waals surface area (Å²) in [5.74, 6) is 0.113. The second-order valence-corrected chi connectivity index (χ2v) is 5.52. The average molecular weight is 286 g/mol. The average Bonchev–Trinajstić information content (AvgIpc) is 2.48. The first kappa shape index (κ1) is 13.9. The Morgan fingerprint density at radius 3 is 3.00 bits per heavy atom. The predicted octanol–water partition coefficient (Wildman–Crippen LogP) is 2.84. The lowest BCUT2D eigenvalue weighted by Gasteiger charge is -2.35. The van der Waals surface area contributed by atoms with Crippen molar-refractivity contribution in [3.05, 3.63) is 41.0 Å². The van der Waals surface area contributed by atoms with Gasteiger partial charge in [-0.25, -0.2) is 4.79 Å². The maximum Gasteiger partial charge on any atom is 0.333 e. The van der Waals surface area contributed by atoms with Crippen LogP contribution < -0.4 is 4.74 Å². The van der Waals surface area contributed by atoms with E-state index in [0.717, 1.165) is 5.56 Å². The Labute approximate surface area is 123 Å². The number of hydrogen-bond donors (Lipinski definition) is 0. The molecule has 0 saturated heterocycles. The van der Waals surface area contributed by atoms with E-state index < -0.39 is 0 Å². The van der Waals surface area contributed by atoms with Crippen molar-refractivity contribution in [2.75, 3.05) is 6.61 Å². The molecule has 0 bridgehead atoms. The number of carbonyl (C=O) groups excluding carboxylic acids is 2. The van der Waals surface area contributed by atoms with E-state index in [-0.39, 0.29) is 23.8 Å². The van der Waals surface area contributed by atoms with E-state index in [2.05, 4.69) is 0 Å². The summed E-state index contributed by atoms with van der Waals surface area (Å²) < 4.78 is 11.0. The first-order chi connectivity index (χ1) is 10.1. The Morgan fingerprint density at radius 2 is 2.24 bits per heavy atom. The van der Waals surface area contributed by atoms with Crippen molar-refractivity contribution in [3.8, 4) is 5.75 Å². The smallest absolute Gasteiger partial charge is 0.333 e. The lowest BCUT2D eigenvalue weighted by Crippen LogP contribution is -2.40. The summed E-state index contributed by atoms with van der Waals surface area (Å²) >= 11 is 0. The van der Waals surface area contributed by atoms with Crippen LogP contribution in [0.3, 0.4) is 0 Å². The fourth-order valence-electron chi connectivity index (χ4n) is 2.96. The third kappa shape index (κ3) is 2.46. The van der Waals surface area contributed by atoms with E-state index in [4.69, 9.17) is 9.47 Å². The minimum absolute atomic E-state index is 0.0693. The van der Waals surface area contributed by atoms with Gasteiger partial charge in [0.1, 0.15) is 11.9 Å². The lowest BCUT2D eigenvalue weighted by molar-refractivity contribution is -0.138. The molecule has 0 N–H and O–H groups in total. The fraction of sp³-hybridized carbons (Fsp3) is 0.412. The quantitative estimate of drug-likeness (QED) is 0.784. The minimum Gasteiger partial charge on any atom is -0.489 e. The highest BCUT2D eigenvalue weighted by Gasteiger charge is 2.40. The molecule has 0 radical (unpaired) electrons. The summed E-state index contributed by atoms with van der Waals surface area (Å²) in [5, 5.41) is 0. The second-order valence-electron chi connectivity index (χ2n) is 5.52. The number of esters is 1. The van der Waals surface area contributed by atoms with Crippen LogP contribution in [0.5, 0.6) is 5.75 Å². The van der Waals surface area contributed by atoms with Gasteiger partial charge in [-0.2, -0.15) is 0 Å². The van der Waals surface area contributed by atoms with Crippen molar-refractivity contribution in [1.82, 2.24) is 0 Å². The number of ether oxygens (including phenoxy) is 2. The molecule has 1 aliphatic carbocycles. The zero-order chi connectivity index (χ0) is 15.0. The number of rotatable bonds is 2. The minimum atomic E-state index is -0.321. The molecule has 0 amide bonds. The molecule has 2 aliphatic rings. The van der Waals surface area contributed by atoms with E-state index >= 15 is 0 Å². The van der Waals surface area contributed by atoms with Crippen LogP contribution in [0.15, 0.2) is 29.8 Å². The molecule has 1 aromatic rings. The van der Waals surface area contributed by atoms with Gasteiger partial charge in [-0.15, -0.1) is 0 Å². The maximum atomic E-state index is 12.7. The fourth-order valence-corrected chi connectivity index (χ4v) is 2.96. The largest absolute Gasteiger partial charge is 0.489 e. The van der Waals surface area contributed by atoms with Gasteiger partial charge >= 0.3 is 5.97 Å². The van der Waals surface area contributed by atoms with Crippen molar-refractivity contribution in [1.29, 1.82) is 0 Å². The summed E-state index contributed by atoms with van der Waals surface area (Å²) in [6.45, 7) is 4.07. The molecule has 0 fully saturated rings. The monoisotopic (exact) mass is 286 g/mol. The van der Waals surface area contributed by atoms with Crippen LogP contribution in [-0.4, -0.2) is 24.5 Å². The number of hydrogen-bond acceptors (Lipinski definition) is 4. The normalized spacial score (nSPS) is 23.5. The molecule has 110 valence electrons. The molecule has 0 spiro atoms. The lowest BCUT2D eigenvalue weighted by atomic mass is 9.79. The number of ketones is 1. The summed E-state index contributed by atoms with van der Waals surface area (Å²) in [4.78, 5) is 24.5. The molecular formula is C17H18O4.